The van der Waals surface area contributed by atoms with Crippen LogP contribution in [0.1, 0.15) is 50.7 Å². The Morgan fingerprint density at radius 3 is 2.79 bits per heavy atom. The normalized spacial score (nSPS) is 25.3. The molecule has 0 amide bonds. The Bertz CT molecular complexity index is 423. The van der Waals surface area contributed by atoms with Crippen LogP contribution in [0.15, 0.2) is 18.2 Å². The molecule has 3 unspecified atom stereocenters. The highest BCUT2D eigenvalue weighted by Gasteiger charge is 2.27. The second-order valence-electron chi connectivity index (χ2n) is 5.31. The van der Waals surface area contributed by atoms with E-state index in [0.717, 1.165) is 44.2 Å². The van der Waals surface area contributed by atoms with E-state index in [0.29, 0.717) is 11.6 Å². The Morgan fingerprint density at radius 1 is 1.32 bits per heavy atom. The number of hydrogen-bond donors (Lipinski definition) is 2. The van der Waals surface area contributed by atoms with Gasteiger partial charge in [-0.2, -0.15) is 0 Å². The van der Waals surface area contributed by atoms with Crippen molar-refractivity contribution in [2.75, 3.05) is 0 Å². The van der Waals surface area contributed by atoms with Gasteiger partial charge in [0.25, 0.3) is 0 Å². The van der Waals surface area contributed by atoms with E-state index in [1.54, 1.807) is 0 Å². The first-order valence-corrected chi connectivity index (χ1v) is 7.01. The number of rotatable bonds is 4. The molecule has 106 valence electrons. The summed E-state index contributed by atoms with van der Waals surface area (Å²) in [6.07, 6.45) is 4.44. The number of benzene rings is 1. The van der Waals surface area contributed by atoms with Crippen molar-refractivity contribution in [3.05, 3.63) is 35.4 Å². The van der Waals surface area contributed by atoms with Gasteiger partial charge in [0, 0.05) is 12.1 Å². The summed E-state index contributed by atoms with van der Waals surface area (Å²) in [4.78, 5) is 0. The molecular weight excluding hydrogens is 248 g/mol. The molecule has 1 aliphatic rings. The molecule has 1 aliphatic heterocycles. The lowest BCUT2D eigenvalue weighted by molar-refractivity contribution is 0.0994. The molecule has 1 heterocycles. The van der Waals surface area contributed by atoms with Crippen molar-refractivity contribution in [2.45, 2.75) is 57.2 Å². The van der Waals surface area contributed by atoms with Crippen molar-refractivity contribution in [3.63, 3.8) is 0 Å². The molecule has 2 rings (SSSR count). The maximum absolute atomic E-state index is 13.2. The highest BCUT2D eigenvalue weighted by Crippen LogP contribution is 2.26. The van der Waals surface area contributed by atoms with Crippen LogP contribution in [0.2, 0.25) is 0 Å². The summed E-state index contributed by atoms with van der Waals surface area (Å²) >= 11 is 0. The van der Waals surface area contributed by atoms with Crippen LogP contribution in [0.5, 0.6) is 0 Å². The van der Waals surface area contributed by atoms with Gasteiger partial charge in [0.05, 0.1) is 6.10 Å². The number of aliphatic hydroxyl groups is 1. The van der Waals surface area contributed by atoms with Gasteiger partial charge in [0.1, 0.15) is 0 Å². The van der Waals surface area contributed by atoms with E-state index in [1.807, 2.05) is 0 Å². The molecule has 0 bridgehead atoms. The predicted octanol–water partition coefficient (Wildman–Crippen LogP) is 3.31. The van der Waals surface area contributed by atoms with Crippen molar-refractivity contribution in [3.8, 4) is 0 Å². The third-order valence-corrected chi connectivity index (χ3v) is 3.82. The maximum atomic E-state index is 13.2. The van der Waals surface area contributed by atoms with Gasteiger partial charge >= 0.3 is 0 Å². The van der Waals surface area contributed by atoms with Crippen LogP contribution in [-0.2, 0) is 0 Å². The highest BCUT2D eigenvalue weighted by atomic mass is 19.2. The van der Waals surface area contributed by atoms with Crippen molar-refractivity contribution in [1.82, 2.24) is 5.32 Å². The Morgan fingerprint density at radius 2 is 2.11 bits per heavy atom. The maximum Gasteiger partial charge on any atom is 0.159 e. The van der Waals surface area contributed by atoms with Gasteiger partial charge in [-0.1, -0.05) is 25.8 Å². The molecule has 0 saturated carbocycles. The highest BCUT2D eigenvalue weighted by molar-refractivity contribution is 5.21. The largest absolute Gasteiger partial charge is 0.387 e. The van der Waals surface area contributed by atoms with Crippen LogP contribution >= 0.6 is 0 Å². The summed E-state index contributed by atoms with van der Waals surface area (Å²) in [5, 5.41) is 13.7. The molecule has 0 aromatic heterocycles. The van der Waals surface area contributed by atoms with Gasteiger partial charge in [-0.15, -0.1) is 0 Å². The smallest absolute Gasteiger partial charge is 0.159 e. The van der Waals surface area contributed by atoms with Gasteiger partial charge in [0.2, 0.25) is 0 Å². The minimum Gasteiger partial charge on any atom is -0.387 e. The van der Waals surface area contributed by atoms with E-state index in [9.17, 15) is 13.9 Å². The van der Waals surface area contributed by atoms with Crippen LogP contribution in [0, 0.1) is 11.6 Å². The zero-order valence-corrected chi connectivity index (χ0v) is 11.2. The van der Waals surface area contributed by atoms with E-state index >= 15 is 0 Å². The molecule has 19 heavy (non-hydrogen) atoms. The van der Waals surface area contributed by atoms with E-state index in [2.05, 4.69) is 12.2 Å². The topological polar surface area (TPSA) is 32.3 Å². The SMILES string of the molecule is CCCC1CCCC(C(O)c2ccc(F)c(F)c2)N1. The Labute approximate surface area is 112 Å². The monoisotopic (exact) mass is 269 g/mol. The third-order valence-electron chi connectivity index (χ3n) is 3.82. The summed E-state index contributed by atoms with van der Waals surface area (Å²) in [5.74, 6) is -1.78. The molecule has 1 aromatic carbocycles. The van der Waals surface area contributed by atoms with Crippen LogP contribution in [0.3, 0.4) is 0 Å². The lowest BCUT2D eigenvalue weighted by Gasteiger charge is -2.34. The minimum atomic E-state index is -0.905. The molecule has 1 fully saturated rings. The fourth-order valence-corrected chi connectivity index (χ4v) is 2.81. The summed E-state index contributed by atoms with van der Waals surface area (Å²) < 4.78 is 26.1. The second-order valence-corrected chi connectivity index (χ2v) is 5.31. The third kappa shape index (κ3) is 3.51. The zero-order valence-electron chi connectivity index (χ0n) is 11.2. The first kappa shape index (κ1) is 14.4. The predicted molar refractivity (Wildman–Crippen MR) is 70.8 cm³/mol. The average Bonchev–Trinajstić information content (AvgIpc) is 2.42. The van der Waals surface area contributed by atoms with Crippen LogP contribution in [0.25, 0.3) is 0 Å². The molecule has 1 aromatic rings. The summed E-state index contributed by atoms with van der Waals surface area (Å²) in [6.45, 7) is 2.14. The summed E-state index contributed by atoms with van der Waals surface area (Å²) in [7, 11) is 0. The molecule has 0 aliphatic carbocycles. The van der Waals surface area contributed by atoms with E-state index in [-0.39, 0.29) is 6.04 Å². The lowest BCUT2D eigenvalue weighted by Crippen LogP contribution is -2.45. The van der Waals surface area contributed by atoms with E-state index in [1.165, 1.54) is 6.07 Å². The minimum absolute atomic E-state index is 0.0739. The summed E-state index contributed by atoms with van der Waals surface area (Å²) in [5.41, 5.74) is 0.438. The molecule has 1 saturated heterocycles. The van der Waals surface area contributed by atoms with Gasteiger partial charge in [0.15, 0.2) is 11.6 Å². The molecule has 3 atom stereocenters. The molecule has 4 heteroatoms. The lowest BCUT2D eigenvalue weighted by atomic mass is 9.90. The second kappa shape index (κ2) is 6.44. The van der Waals surface area contributed by atoms with E-state index in [4.69, 9.17) is 0 Å². The van der Waals surface area contributed by atoms with Crippen molar-refractivity contribution in [1.29, 1.82) is 0 Å². The molecular formula is C15H21F2NO. The number of nitrogens with one attached hydrogen (secondary N) is 1. The average molecular weight is 269 g/mol. The van der Waals surface area contributed by atoms with Gasteiger partial charge in [-0.05, 0) is 37.0 Å². The number of aliphatic hydroxyl groups excluding tert-OH is 1. The van der Waals surface area contributed by atoms with E-state index < -0.39 is 17.7 Å². The number of hydrogen-bond acceptors (Lipinski definition) is 2. The van der Waals surface area contributed by atoms with Gasteiger partial charge in [-0.25, -0.2) is 8.78 Å². The van der Waals surface area contributed by atoms with Crippen LogP contribution in [0.4, 0.5) is 8.78 Å². The van der Waals surface area contributed by atoms with Gasteiger partial charge < -0.3 is 10.4 Å². The Kier molecular flexibility index (Phi) is 4.88. The standard InChI is InChI=1S/C15H21F2NO/c1-2-4-11-5-3-6-14(18-11)15(19)10-7-8-12(16)13(17)9-10/h7-9,11,14-15,18-19H,2-6H2,1H3. The summed E-state index contributed by atoms with van der Waals surface area (Å²) in [6, 6.07) is 3.96. The molecule has 0 spiro atoms. The Hall–Kier alpha value is -1.00. The fraction of sp³-hybridized carbons (Fsp3) is 0.600. The van der Waals surface area contributed by atoms with Crippen molar-refractivity contribution < 1.29 is 13.9 Å². The first-order valence-electron chi connectivity index (χ1n) is 7.01. The van der Waals surface area contributed by atoms with Crippen molar-refractivity contribution >= 4 is 0 Å². The zero-order chi connectivity index (χ0) is 13.8. The fourth-order valence-electron chi connectivity index (χ4n) is 2.81. The number of piperidine rings is 1. The molecule has 0 radical (unpaired) electrons. The number of halogens is 2. The van der Waals surface area contributed by atoms with Crippen molar-refractivity contribution in [2.24, 2.45) is 0 Å². The van der Waals surface area contributed by atoms with Crippen LogP contribution in [-0.4, -0.2) is 17.2 Å². The Balaban J connectivity index is 2.05. The van der Waals surface area contributed by atoms with Crippen LogP contribution < -0.4 is 5.32 Å². The first-order chi connectivity index (χ1) is 9.11. The van der Waals surface area contributed by atoms with Gasteiger partial charge in [-0.3, -0.25) is 0 Å². The molecule has 2 N–H and O–H groups in total. The molecule has 2 nitrogen and oxygen atoms in total. The quantitative estimate of drug-likeness (QED) is 0.879.